The van der Waals surface area contributed by atoms with Crippen molar-refractivity contribution in [2.45, 2.75) is 57.6 Å². The highest BCUT2D eigenvalue weighted by molar-refractivity contribution is 7.70. The predicted molar refractivity (Wildman–Crippen MR) is 133 cm³/mol. The van der Waals surface area contributed by atoms with Crippen molar-refractivity contribution in [1.29, 1.82) is 0 Å². The van der Waals surface area contributed by atoms with Crippen molar-refractivity contribution in [3.8, 4) is 11.1 Å². The summed E-state index contributed by atoms with van der Waals surface area (Å²) in [6.45, 7) is 8.98. The molecule has 2 amide bonds. The van der Waals surface area contributed by atoms with Gasteiger partial charge in [0.1, 0.15) is 18.8 Å². The van der Waals surface area contributed by atoms with Crippen molar-refractivity contribution in [3.63, 3.8) is 0 Å². The van der Waals surface area contributed by atoms with Crippen molar-refractivity contribution < 1.29 is 23.3 Å². The summed E-state index contributed by atoms with van der Waals surface area (Å²) in [7, 11) is -2.58. The fourth-order valence-electron chi connectivity index (χ4n) is 4.47. The first-order valence-electron chi connectivity index (χ1n) is 11.6. The molecular formula is C26H32FN2O4P. The van der Waals surface area contributed by atoms with Gasteiger partial charge in [-0.15, -0.1) is 0 Å². The number of hydrogen-bond donors (Lipinski definition) is 1. The van der Waals surface area contributed by atoms with E-state index in [1.165, 1.54) is 4.90 Å². The second-order valence-electron chi connectivity index (χ2n) is 10.5. The Bertz CT molecular complexity index is 1180. The lowest BCUT2D eigenvalue weighted by Gasteiger charge is -2.23. The monoisotopic (exact) mass is 486 g/mol. The van der Waals surface area contributed by atoms with Gasteiger partial charge >= 0.3 is 6.09 Å². The van der Waals surface area contributed by atoms with E-state index in [0.29, 0.717) is 18.5 Å². The number of amides is 2. The van der Waals surface area contributed by atoms with Crippen LogP contribution in [0.15, 0.2) is 36.4 Å². The number of ether oxygens (including phenoxy) is 1. The Hall–Kier alpha value is -2.66. The summed E-state index contributed by atoms with van der Waals surface area (Å²) < 4.78 is 34.2. The molecule has 2 aliphatic rings. The number of rotatable bonds is 5. The minimum absolute atomic E-state index is 0.0736. The smallest absolute Gasteiger partial charge is 0.408 e. The van der Waals surface area contributed by atoms with Crippen LogP contribution in [0.1, 0.15) is 51.5 Å². The number of halogens is 1. The lowest BCUT2D eigenvalue weighted by Crippen LogP contribution is -2.44. The quantitative estimate of drug-likeness (QED) is 0.586. The summed E-state index contributed by atoms with van der Waals surface area (Å²) in [6, 6.07) is 10.1. The lowest BCUT2D eigenvalue weighted by atomic mass is 9.95. The van der Waals surface area contributed by atoms with Crippen LogP contribution < -0.4 is 15.5 Å². The minimum atomic E-state index is -2.58. The zero-order chi connectivity index (χ0) is 24.8. The van der Waals surface area contributed by atoms with Crippen LogP contribution in [-0.4, -0.2) is 43.5 Å². The van der Waals surface area contributed by atoms with E-state index in [-0.39, 0.29) is 17.5 Å². The van der Waals surface area contributed by atoms with E-state index in [9.17, 15) is 14.2 Å². The van der Waals surface area contributed by atoms with Crippen LogP contribution in [0.4, 0.5) is 14.9 Å². The molecule has 6 nitrogen and oxygen atoms in total. The third-order valence-corrected chi connectivity index (χ3v) is 7.66. The van der Waals surface area contributed by atoms with Crippen LogP contribution in [0.2, 0.25) is 0 Å². The molecule has 1 N–H and O–H groups in total. The molecule has 4 rings (SSSR count). The Morgan fingerprint density at radius 3 is 2.38 bits per heavy atom. The molecule has 0 spiro atoms. The van der Waals surface area contributed by atoms with Crippen molar-refractivity contribution in [2.24, 2.45) is 0 Å². The van der Waals surface area contributed by atoms with E-state index in [2.05, 4.69) is 5.32 Å². The Balaban J connectivity index is 1.66. The van der Waals surface area contributed by atoms with Gasteiger partial charge in [0.05, 0.1) is 5.69 Å². The number of benzene rings is 2. The van der Waals surface area contributed by atoms with E-state index in [0.717, 1.165) is 29.3 Å². The number of anilines is 1. The van der Waals surface area contributed by atoms with Crippen molar-refractivity contribution in [2.75, 3.05) is 24.8 Å². The Kier molecular flexibility index (Phi) is 6.36. The summed E-state index contributed by atoms with van der Waals surface area (Å²) in [5, 5.41) is 3.33. The second kappa shape index (κ2) is 8.84. The Morgan fingerprint density at radius 1 is 1.09 bits per heavy atom. The first-order valence-corrected chi connectivity index (χ1v) is 14.2. The third-order valence-electron chi connectivity index (χ3n) is 6.11. The summed E-state index contributed by atoms with van der Waals surface area (Å²) in [4.78, 5) is 26.6. The highest BCUT2D eigenvalue weighted by atomic mass is 31.2. The fourth-order valence-corrected chi connectivity index (χ4v) is 5.69. The van der Waals surface area contributed by atoms with Gasteiger partial charge in [0, 0.05) is 17.4 Å². The molecule has 34 heavy (non-hydrogen) atoms. The maximum atomic E-state index is 16.0. The Morgan fingerprint density at radius 2 is 1.76 bits per heavy atom. The highest BCUT2D eigenvalue weighted by Crippen LogP contribution is 2.49. The van der Waals surface area contributed by atoms with Gasteiger partial charge in [-0.1, -0.05) is 30.3 Å². The number of carbonyl (C=O) groups excluding carboxylic acids is 2. The van der Waals surface area contributed by atoms with E-state index in [1.807, 2.05) is 30.3 Å². The normalized spacial score (nSPS) is 18.8. The molecule has 0 bridgehead atoms. The molecule has 182 valence electrons. The van der Waals surface area contributed by atoms with Crippen LogP contribution in [0.25, 0.3) is 11.1 Å². The minimum Gasteiger partial charge on any atom is -0.444 e. The molecule has 1 heterocycles. The number of nitrogens with one attached hydrogen (secondary N) is 1. The molecule has 2 aromatic carbocycles. The van der Waals surface area contributed by atoms with Gasteiger partial charge in [-0.05, 0) is 76.5 Å². The van der Waals surface area contributed by atoms with Gasteiger partial charge in [-0.25, -0.2) is 9.18 Å². The van der Waals surface area contributed by atoms with Gasteiger partial charge in [-0.2, -0.15) is 0 Å². The molecule has 1 atom stereocenters. The standard InChI is InChI=1S/C26H32FN2O4P/c1-26(2,3)33-25(31)28-19-14-15-29(24(19)30)20-13-12-18(22(23(20)27)16-10-11-16)17-8-6-7-9-21(17)34(4,5)32/h6-9,12-13,16,19H,10-11,14-15H2,1-5H3,(H,28,31). The van der Waals surface area contributed by atoms with Crippen LogP contribution in [-0.2, 0) is 14.1 Å². The molecule has 8 heteroatoms. The van der Waals surface area contributed by atoms with Crippen LogP contribution in [0.5, 0.6) is 0 Å². The van der Waals surface area contributed by atoms with E-state index >= 15 is 4.39 Å². The number of hydrogen-bond acceptors (Lipinski definition) is 4. The molecule has 1 saturated heterocycles. The fraction of sp³-hybridized carbons (Fsp3) is 0.462. The molecule has 1 unspecified atom stereocenters. The van der Waals surface area contributed by atoms with Gasteiger partial charge in [0.25, 0.3) is 0 Å². The average molecular weight is 487 g/mol. The van der Waals surface area contributed by atoms with Crippen LogP contribution in [0.3, 0.4) is 0 Å². The van der Waals surface area contributed by atoms with E-state index in [4.69, 9.17) is 4.74 Å². The second-order valence-corrected chi connectivity index (χ2v) is 13.7. The number of nitrogens with zero attached hydrogens (tertiary/aromatic N) is 1. The summed E-state index contributed by atoms with van der Waals surface area (Å²) >= 11 is 0. The van der Waals surface area contributed by atoms with Crippen LogP contribution >= 0.6 is 7.14 Å². The molecule has 2 fully saturated rings. The molecule has 2 aromatic rings. The summed E-state index contributed by atoms with van der Waals surface area (Å²) in [6.07, 6.45) is 1.46. The summed E-state index contributed by atoms with van der Waals surface area (Å²) in [5.41, 5.74) is 1.63. The highest BCUT2D eigenvalue weighted by Gasteiger charge is 2.38. The predicted octanol–water partition coefficient (Wildman–Crippen LogP) is 5.25. The molecule has 0 radical (unpaired) electrons. The van der Waals surface area contributed by atoms with Crippen molar-refractivity contribution >= 4 is 30.1 Å². The van der Waals surface area contributed by atoms with Crippen molar-refractivity contribution in [1.82, 2.24) is 5.32 Å². The SMILES string of the molecule is CC(C)(C)OC(=O)NC1CCN(c2ccc(-c3ccccc3P(C)(C)=O)c(C3CC3)c2F)C1=O. The van der Waals surface area contributed by atoms with Gasteiger partial charge < -0.3 is 19.5 Å². The molecule has 1 aliphatic carbocycles. The Labute approximate surface area is 200 Å². The maximum absolute atomic E-state index is 16.0. The maximum Gasteiger partial charge on any atom is 0.408 e. The van der Waals surface area contributed by atoms with E-state index < -0.39 is 30.7 Å². The van der Waals surface area contributed by atoms with Gasteiger partial charge in [0.15, 0.2) is 5.82 Å². The average Bonchev–Trinajstić information content (AvgIpc) is 3.50. The third kappa shape index (κ3) is 5.05. The van der Waals surface area contributed by atoms with Crippen LogP contribution in [0, 0.1) is 5.82 Å². The zero-order valence-corrected chi connectivity index (χ0v) is 21.2. The first kappa shape index (κ1) is 24.5. The van der Waals surface area contributed by atoms with Crippen molar-refractivity contribution in [3.05, 3.63) is 47.8 Å². The lowest BCUT2D eigenvalue weighted by molar-refractivity contribution is -0.118. The summed E-state index contributed by atoms with van der Waals surface area (Å²) in [5.74, 6) is -0.695. The molecular weight excluding hydrogens is 454 g/mol. The molecule has 1 saturated carbocycles. The van der Waals surface area contributed by atoms with E-state index in [1.54, 1.807) is 40.2 Å². The van der Waals surface area contributed by atoms with Gasteiger partial charge in [0.2, 0.25) is 5.91 Å². The molecule has 0 aromatic heterocycles. The van der Waals surface area contributed by atoms with Gasteiger partial charge in [-0.3, -0.25) is 4.79 Å². The number of carbonyl (C=O) groups is 2. The first-order chi connectivity index (χ1) is 15.9. The zero-order valence-electron chi connectivity index (χ0n) is 20.4. The number of alkyl carbamates (subject to hydrolysis) is 1. The molecule has 1 aliphatic heterocycles. The topological polar surface area (TPSA) is 75.7 Å². The largest absolute Gasteiger partial charge is 0.444 e.